The normalized spacial score (nSPS) is 15.6. The fourth-order valence-corrected chi connectivity index (χ4v) is 1.99. The van der Waals surface area contributed by atoms with Gasteiger partial charge in [-0.1, -0.05) is 30.2 Å². The summed E-state index contributed by atoms with van der Waals surface area (Å²) in [7, 11) is 0. The summed E-state index contributed by atoms with van der Waals surface area (Å²) in [5.74, 6) is -0.0151. The molecule has 0 heterocycles. The van der Waals surface area contributed by atoms with Crippen LogP contribution in [0.4, 0.5) is 0 Å². The van der Waals surface area contributed by atoms with Gasteiger partial charge in [-0.05, 0) is 37.8 Å². The molecule has 1 aromatic rings. The number of hydrogen-bond acceptors (Lipinski definition) is 1. The molecule has 0 aliphatic heterocycles. The van der Waals surface area contributed by atoms with Crippen molar-refractivity contribution in [2.24, 2.45) is 0 Å². The summed E-state index contributed by atoms with van der Waals surface area (Å²) in [5.41, 5.74) is 2.09. The van der Waals surface area contributed by atoms with Crippen molar-refractivity contribution in [3.63, 3.8) is 0 Å². The SMILES string of the molecule is O=C(NC=C1CCCCC1)c1ccccc1. The van der Waals surface area contributed by atoms with Gasteiger partial charge in [-0.25, -0.2) is 0 Å². The third-order valence-electron chi connectivity index (χ3n) is 2.94. The minimum atomic E-state index is -0.0151. The molecule has 2 nitrogen and oxygen atoms in total. The number of carbonyl (C=O) groups excluding carboxylic acids is 1. The van der Waals surface area contributed by atoms with Crippen molar-refractivity contribution in [2.75, 3.05) is 0 Å². The average molecular weight is 215 g/mol. The van der Waals surface area contributed by atoms with Gasteiger partial charge in [0.2, 0.25) is 0 Å². The Hall–Kier alpha value is -1.57. The van der Waals surface area contributed by atoms with Gasteiger partial charge in [0.15, 0.2) is 0 Å². The van der Waals surface area contributed by atoms with Crippen LogP contribution in [-0.4, -0.2) is 5.91 Å². The van der Waals surface area contributed by atoms with Gasteiger partial charge < -0.3 is 5.32 Å². The maximum absolute atomic E-state index is 11.7. The monoisotopic (exact) mass is 215 g/mol. The molecule has 84 valence electrons. The molecular formula is C14H17NO. The van der Waals surface area contributed by atoms with Gasteiger partial charge in [0.25, 0.3) is 5.91 Å². The van der Waals surface area contributed by atoms with Crippen molar-refractivity contribution < 1.29 is 4.79 Å². The van der Waals surface area contributed by atoms with Crippen molar-refractivity contribution in [3.05, 3.63) is 47.7 Å². The minimum absolute atomic E-state index is 0.0151. The fourth-order valence-electron chi connectivity index (χ4n) is 1.99. The summed E-state index contributed by atoms with van der Waals surface area (Å²) in [6.45, 7) is 0. The van der Waals surface area contributed by atoms with Gasteiger partial charge >= 0.3 is 0 Å². The summed E-state index contributed by atoms with van der Waals surface area (Å²) >= 11 is 0. The van der Waals surface area contributed by atoms with Crippen molar-refractivity contribution in [3.8, 4) is 0 Å². The van der Waals surface area contributed by atoms with Crippen LogP contribution in [0.5, 0.6) is 0 Å². The van der Waals surface area contributed by atoms with E-state index >= 15 is 0 Å². The van der Waals surface area contributed by atoms with Crippen LogP contribution in [-0.2, 0) is 0 Å². The molecule has 1 N–H and O–H groups in total. The summed E-state index contributed by atoms with van der Waals surface area (Å²) in [6, 6.07) is 9.32. The maximum atomic E-state index is 11.7. The number of hydrogen-bond donors (Lipinski definition) is 1. The summed E-state index contributed by atoms with van der Waals surface area (Å²) < 4.78 is 0. The Balaban J connectivity index is 1.92. The smallest absolute Gasteiger partial charge is 0.255 e. The second-order valence-electron chi connectivity index (χ2n) is 4.20. The van der Waals surface area contributed by atoms with Crippen LogP contribution < -0.4 is 5.32 Å². The van der Waals surface area contributed by atoms with E-state index in [1.807, 2.05) is 36.5 Å². The van der Waals surface area contributed by atoms with Crippen LogP contribution >= 0.6 is 0 Å². The Morgan fingerprint density at radius 1 is 1.06 bits per heavy atom. The van der Waals surface area contributed by atoms with Crippen LogP contribution in [0.1, 0.15) is 42.5 Å². The highest BCUT2D eigenvalue weighted by molar-refractivity contribution is 5.94. The van der Waals surface area contributed by atoms with E-state index in [-0.39, 0.29) is 5.91 Å². The molecule has 0 radical (unpaired) electrons. The lowest BCUT2D eigenvalue weighted by Crippen LogP contribution is -2.18. The van der Waals surface area contributed by atoms with E-state index in [4.69, 9.17) is 0 Å². The van der Waals surface area contributed by atoms with Crippen molar-refractivity contribution in [1.82, 2.24) is 5.32 Å². The van der Waals surface area contributed by atoms with E-state index in [0.717, 1.165) is 18.4 Å². The van der Waals surface area contributed by atoms with Crippen molar-refractivity contribution >= 4 is 5.91 Å². The van der Waals surface area contributed by atoms with E-state index in [0.29, 0.717) is 0 Å². The fraction of sp³-hybridized carbons (Fsp3) is 0.357. The molecule has 0 atom stereocenters. The second-order valence-corrected chi connectivity index (χ2v) is 4.20. The van der Waals surface area contributed by atoms with Gasteiger partial charge in [0.05, 0.1) is 0 Å². The average Bonchev–Trinajstić information content (AvgIpc) is 2.38. The van der Waals surface area contributed by atoms with Gasteiger partial charge in [-0.3, -0.25) is 4.79 Å². The van der Waals surface area contributed by atoms with E-state index in [1.54, 1.807) is 0 Å². The molecule has 0 saturated heterocycles. The van der Waals surface area contributed by atoms with Crippen LogP contribution in [0.2, 0.25) is 0 Å². The second kappa shape index (κ2) is 5.50. The van der Waals surface area contributed by atoms with Gasteiger partial charge in [-0.2, -0.15) is 0 Å². The molecular weight excluding hydrogens is 198 g/mol. The highest BCUT2D eigenvalue weighted by Gasteiger charge is 2.06. The zero-order valence-electron chi connectivity index (χ0n) is 9.41. The highest BCUT2D eigenvalue weighted by Crippen LogP contribution is 2.21. The van der Waals surface area contributed by atoms with Gasteiger partial charge in [-0.15, -0.1) is 0 Å². The van der Waals surface area contributed by atoms with E-state index in [9.17, 15) is 4.79 Å². The van der Waals surface area contributed by atoms with Crippen LogP contribution in [0.15, 0.2) is 42.1 Å². The first-order valence-electron chi connectivity index (χ1n) is 5.90. The molecule has 0 unspecified atom stereocenters. The van der Waals surface area contributed by atoms with E-state index in [2.05, 4.69) is 5.32 Å². The number of carbonyl (C=O) groups is 1. The Morgan fingerprint density at radius 2 is 1.75 bits per heavy atom. The molecule has 1 fully saturated rings. The molecule has 1 aliphatic carbocycles. The van der Waals surface area contributed by atoms with E-state index < -0.39 is 0 Å². The molecule has 2 heteroatoms. The number of nitrogens with one attached hydrogen (secondary N) is 1. The first-order valence-corrected chi connectivity index (χ1v) is 5.90. The van der Waals surface area contributed by atoms with Crippen LogP contribution in [0.25, 0.3) is 0 Å². The minimum Gasteiger partial charge on any atom is -0.329 e. The predicted octanol–water partition coefficient (Wildman–Crippen LogP) is 3.26. The van der Waals surface area contributed by atoms with Crippen LogP contribution in [0.3, 0.4) is 0 Å². The number of amides is 1. The Kier molecular flexibility index (Phi) is 3.76. The van der Waals surface area contributed by atoms with Crippen molar-refractivity contribution in [1.29, 1.82) is 0 Å². The number of benzene rings is 1. The summed E-state index contributed by atoms with van der Waals surface area (Å²) in [6.07, 6.45) is 8.00. The topological polar surface area (TPSA) is 29.1 Å². The van der Waals surface area contributed by atoms with Crippen LogP contribution in [0, 0.1) is 0 Å². The lowest BCUT2D eigenvalue weighted by Gasteiger charge is -2.13. The third kappa shape index (κ3) is 2.96. The summed E-state index contributed by atoms with van der Waals surface area (Å²) in [4.78, 5) is 11.7. The molecule has 1 aromatic carbocycles. The molecule has 0 spiro atoms. The molecule has 1 amide bonds. The zero-order valence-corrected chi connectivity index (χ0v) is 9.41. The zero-order chi connectivity index (χ0) is 11.2. The number of rotatable bonds is 2. The molecule has 0 aromatic heterocycles. The lowest BCUT2D eigenvalue weighted by atomic mass is 9.96. The third-order valence-corrected chi connectivity index (χ3v) is 2.94. The van der Waals surface area contributed by atoms with E-state index in [1.165, 1.54) is 24.8 Å². The Labute approximate surface area is 96.4 Å². The first-order chi connectivity index (χ1) is 7.86. The molecule has 16 heavy (non-hydrogen) atoms. The molecule has 0 bridgehead atoms. The van der Waals surface area contributed by atoms with Crippen molar-refractivity contribution in [2.45, 2.75) is 32.1 Å². The quantitative estimate of drug-likeness (QED) is 0.806. The highest BCUT2D eigenvalue weighted by atomic mass is 16.1. The molecule has 1 aliphatic rings. The predicted molar refractivity (Wildman–Crippen MR) is 65.1 cm³/mol. The Bertz CT molecular complexity index is 373. The maximum Gasteiger partial charge on any atom is 0.255 e. The Morgan fingerprint density at radius 3 is 2.44 bits per heavy atom. The first kappa shape index (κ1) is 10.9. The largest absolute Gasteiger partial charge is 0.329 e. The number of allylic oxidation sites excluding steroid dienone is 1. The summed E-state index contributed by atoms with van der Waals surface area (Å²) in [5, 5.41) is 2.87. The standard InChI is InChI=1S/C14H17NO/c16-14(13-9-5-2-6-10-13)15-11-12-7-3-1-4-8-12/h2,5-6,9-11H,1,3-4,7-8H2,(H,15,16). The lowest BCUT2D eigenvalue weighted by molar-refractivity contribution is 0.0969. The van der Waals surface area contributed by atoms with Gasteiger partial charge in [0, 0.05) is 11.8 Å². The van der Waals surface area contributed by atoms with Gasteiger partial charge in [0.1, 0.15) is 0 Å². The molecule has 1 saturated carbocycles. The molecule has 2 rings (SSSR count).